The molecule has 0 saturated heterocycles. The Balaban J connectivity index is 1.45. The number of nitrogens with one attached hydrogen (secondary N) is 3. The maximum absolute atomic E-state index is 14.3. The number of amides is 1. The summed E-state index contributed by atoms with van der Waals surface area (Å²) in [6.07, 6.45) is 6.57. The Morgan fingerprint density at radius 3 is 2.53 bits per heavy atom. The van der Waals surface area contributed by atoms with Crippen molar-refractivity contribution in [3.05, 3.63) is 59.2 Å². The highest BCUT2D eigenvalue weighted by Crippen LogP contribution is 2.42. The quantitative estimate of drug-likeness (QED) is 0.375. The topological polar surface area (TPSA) is 113 Å². The number of rotatable bonds is 9. The molecule has 0 spiro atoms. The van der Waals surface area contributed by atoms with Gasteiger partial charge in [0.05, 0.1) is 16.8 Å². The zero-order valence-electron chi connectivity index (χ0n) is 22.1. The number of fused-ring (bicyclic) bond motifs is 2. The minimum Gasteiger partial charge on any atom is -0.380 e. The van der Waals surface area contributed by atoms with E-state index >= 15 is 0 Å². The van der Waals surface area contributed by atoms with Crippen molar-refractivity contribution in [2.75, 3.05) is 11.9 Å². The van der Waals surface area contributed by atoms with E-state index in [1.807, 2.05) is 26.0 Å². The summed E-state index contributed by atoms with van der Waals surface area (Å²) in [5.74, 6) is 0.137. The van der Waals surface area contributed by atoms with E-state index in [-0.39, 0.29) is 29.4 Å². The summed E-state index contributed by atoms with van der Waals surface area (Å²) in [6, 6.07) is 7.33. The highest BCUT2D eigenvalue weighted by Gasteiger charge is 2.33. The van der Waals surface area contributed by atoms with Crippen LogP contribution in [-0.2, 0) is 22.9 Å². The van der Waals surface area contributed by atoms with Gasteiger partial charge in [0.15, 0.2) is 0 Å². The van der Waals surface area contributed by atoms with Crippen molar-refractivity contribution in [1.29, 1.82) is 0 Å². The second-order valence-corrected chi connectivity index (χ2v) is 13.0. The van der Waals surface area contributed by atoms with Gasteiger partial charge in [-0.1, -0.05) is 0 Å². The molecule has 1 amide bonds. The van der Waals surface area contributed by atoms with Crippen LogP contribution in [0, 0.1) is 0 Å². The Kier molecular flexibility index (Phi) is 6.89. The Morgan fingerprint density at radius 2 is 1.89 bits per heavy atom. The number of aromatic nitrogens is 2. The van der Waals surface area contributed by atoms with Crippen LogP contribution >= 0.6 is 0 Å². The van der Waals surface area contributed by atoms with E-state index in [4.69, 9.17) is 0 Å². The number of hydrogen-bond donors (Lipinski definition) is 3. The average Bonchev–Trinajstić information content (AvgIpc) is 3.61. The summed E-state index contributed by atoms with van der Waals surface area (Å²) < 4.78 is 44.0. The molecule has 38 heavy (non-hydrogen) atoms. The highest BCUT2D eigenvalue weighted by molar-refractivity contribution is 7.89. The van der Waals surface area contributed by atoms with E-state index in [0.717, 1.165) is 40.7 Å². The maximum Gasteiger partial charge on any atom is 0.270 e. The third kappa shape index (κ3) is 5.81. The Hall–Kier alpha value is -3.11. The van der Waals surface area contributed by atoms with Gasteiger partial charge in [-0.3, -0.25) is 9.78 Å². The number of alkyl halides is 1. The number of halogens is 1. The van der Waals surface area contributed by atoms with Gasteiger partial charge in [0.25, 0.3) is 5.91 Å². The third-order valence-electron chi connectivity index (χ3n) is 6.84. The van der Waals surface area contributed by atoms with Crippen molar-refractivity contribution in [2.24, 2.45) is 0 Å². The summed E-state index contributed by atoms with van der Waals surface area (Å²) in [7, 11) is -3.99. The predicted molar refractivity (Wildman–Crippen MR) is 146 cm³/mol. The number of anilines is 1. The monoisotopic (exact) mass is 539 g/mol. The second kappa shape index (κ2) is 9.89. The first-order valence-corrected chi connectivity index (χ1v) is 14.5. The maximum atomic E-state index is 14.3. The Bertz CT molecular complexity index is 1480. The van der Waals surface area contributed by atoms with Gasteiger partial charge in [0, 0.05) is 47.2 Å². The van der Waals surface area contributed by atoms with E-state index < -0.39 is 15.7 Å². The zero-order valence-corrected chi connectivity index (χ0v) is 23.0. The number of sulfonamides is 1. The average molecular weight is 540 g/mol. The molecule has 3 N–H and O–H groups in total. The molecular formula is C28H34FN5O3S. The summed E-state index contributed by atoms with van der Waals surface area (Å²) in [6.45, 7) is 6.17. The molecule has 1 fully saturated rings. The molecular weight excluding hydrogens is 505 g/mol. The lowest BCUT2D eigenvalue weighted by atomic mass is 10.0. The SMILES string of the molecule is CC(C)NC(=O)c1ccc(N[C@@H]2Cc3cc4cnc(C5CC5)cc4c(S(=O)(=O)NCC(C)(C)F)c3C2)cn1. The molecule has 2 aromatic heterocycles. The van der Waals surface area contributed by atoms with Crippen LogP contribution in [0.25, 0.3) is 10.8 Å². The molecule has 0 aliphatic heterocycles. The number of benzene rings is 1. The normalized spacial score (nSPS) is 17.6. The summed E-state index contributed by atoms with van der Waals surface area (Å²) in [5, 5.41) is 7.65. The summed E-state index contributed by atoms with van der Waals surface area (Å²) in [4.78, 5) is 21.3. The van der Waals surface area contributed by atoms with Crippen LogP contribution in [0.2, 0.25) is 0 Å². The fraction of sp³-hybridized carbons (Fsp3) is 0.464. The van der Waals surface area contributed by atoms with Crippen molar-refractivity contribution in [1.82, 2.24) is 20.0 Å². The predicted octanol–water partition coefficient (Wildman–Crippen LogP) is 4.25. The molecule has 2 aliphatic rings. The van der Waals surface area contributed by atoms with E-state index in [0.29, 0.717) is 29.8 Å². The van der Waals surface area contributed by atoms with Gasteiger partial charge in [-0.25, -0.2) is 22.5 Å². The van der Waals surface area contributed by atoms with E-state index in [1.54, 1.807) is 24.5 Å². The molecule has 0 unspecified atom stereocenters. The first-order valence-electron chi connectivity index (χ1n) is 13.1. The van der Waals surface area contributed by atoms with E-state index in [1.165, 1.54) is 13.8 Å². The van der Waals surface area contributed by atoms with Crippen molar-refractivity contribution < 1.29 is 17.6 Å². The van der Waals surface area contributed by atoms with Crippen molar-refractivity contribution in [3.8, 4) is 0 Å². The van der Waals surface area contributed by atoms with Gasteiger partial charge in [0.2, 0.25) is 10.0 Å². The van der Waals surface area contributed by atoms with E-state index in [9.17, 15) is 17.6 Å². The molecule has 3 aromatic rings. The number of nitrogens with zero attached hydrogens (tertiary/aromatic N) is 2. The highest BCUT2D eigenvalue weighted by atomic mass is 32.2. The molecule has 2 aliphatic carbocycles. The van der Waals surface area contributed by atoms with Crippen molar-refractivity contribution in [2.45, 2.75) is 81.9 Å². The van der Waals surface area contributed by atoms with Crippen LogP contribution in [0.15, 0.2) is 41.6 Å². The fourth-order valence-electron chi connectivity index (χ4n) is 4.90. The molecule has 10 heteroatoms. The Labute approximate surface area is 222 Å². The lowest BCUT2D eigenvalue weighted by Gasteiger charge is -2.18. The number of carbonyl (C=O) groups excluding carboxylic acids is 1. The van der Waals surface area contributed by atoms with Crippen LogP contribution in [0.3, 0.4) is 0 Å². The lowest BCUT2D eigenvalue weighted by Crippen LogP contribution is -2.36. The summed E-state index contributed by atoms with van der Waals surface area (Å²) in [5.41, 5.74) is 1.97. The van der Waals surface area contributed by atoms with Gasteiger partial charge in [-0.15, -0.1) is 0 Å². The van der Waals surface area contributed by atoms with Crippen LogP contribution in [0.4, 0.5) is 10.1 Å². The largest absolute Gasteiger partial charge is 0.380 e. The zero-order chi connectivity index (χ0) is 27.2. The number of hydrogen-bond acceptors (Lipinski definition) is 6. The van der Waals surface area contributed by atoms with Gasteiger partial charge in [-0.2, -0.15) is 0 Å². The standard InChI is InChI=1S/C28H34FN5O3S/c1-16(2)33-27(35)24-8-7-20(14-31-24)34-21-10-18-9-19-13-30-25(17-5-6-17)12-23(19)26(22(18)11-21)38(36,37)32-15-28(3,4)29/h7-9,12-14,16-17,21,32,34H,5-6,10-11,15H2,1-4H3,(H,33,35)/t21-/m1/s1. The number of pyridine rings is 2. The molecule has 0 bridgehead atoms. The smallest absolute Gasteiger partial charge is 0.270 e. The van der Waals surface area contributed by atoms with E-state index in [2.05, 4.69) is 25.3 Å². The molecule has 1 saturated carbocycles. The van der Waals surface area contributed by atoms with Crippen LogP contribution < -0.4 is 15.4 Å². The first-order chi connectivity index (χ1) is 17.9. The summed E-state index contributed by atoms with van der Waals surface area (Å²) >= 11 is 0. The van der Waals surface area contributed by atoms with Gasteiger partial charge in [-0.05, 0) is 88.8 Å². The fourth-order valence-corrected chi connectivity index (χ4v) is 6.59. The van der Waals surface area contributed by atoms with Crippen molar-refractivity contribution in [3.63, 3.8) is 0 Å². The van der Waals surface area contributed by atoms with Gasteiger partial charge in [0.1, 0.15) is 11.4 Å². The van der Waals surface area contributed by atoms with Gasteiger partial charge >= 0.3 is 0 Å². The molecule has 2 heterocycles. The van der Waals surface area contributed by atoms with Crippen LogP contribution in [0.1, 0.15) is 73.8 Å². The van der Waals surface area contributed by atoms with Crippen molar-refractivity contribution >= 4 is 32.4 Å². The third-order valence-corrected chi connectivity index (χ3v) is 8.37. The first kappa shape index (κ1) is 26.5. The Morgan fingerprint density at radius 1 is 1.13 bits per heavy atom. The molecule has 202 valence electrons. The molecule has 0 radical (unpaired) electrons. The molecule has 1 atom stereocenters. The van der Waals surface area contributed by atoms with Crippen LogP contribution in [0.5, 0.6) is 0 Å². The van der Waals surface area contributed by atoms with Gasteiger partial charge < -0.3 is 10.6 Å². The second-order valence-electron chi connectivity index (χ2n) is 11.3. The molecule has 5 rings (SSSR count). The number of carbonyl (C=O) groups is 1. The minimum absolute atomic E-state index is 0.0149. The molecule has 1 aromatic carbocycles. The molecule has 8 nitrogen and oxygen atoms in total. The minimum atomic E-state index is -3.99. The van der Waals surface area contributed by atoms with Crippen LogP contribution in [-0.4, -0.2) is 48.6 Å². The lowest BCUT2D eigenvalue weighted by molar-refractivity contribution is 0.0938.